The van der Waals surface area contributed by atoms with Crippen LogP contribution in [0.4, 0.5) is 5.82 Å². The molecule has 0 aliphatic rings. The zero-order chi connectivity index (χ0) is 14.1. The Morgan fingerprint density at radius 1 is 0.950 bits per heavy atom. The lowest BCUT2D eigenvalue weighted by Crippen LogP contribution is -2.22. The van der Waals surface area contributed by atoms with Crippen LogP contribution in [0, 0.1) is 11.3 Å². The maximum Gasteiger partial charge on any atom is 0.264 e. The Bertz CT molecular complexity index is 889. The molecule has 4 nitrogen and oxygen atoms in total. The van der Waals surface area contributed by atoms with Gasteiger partial charge < -0.3 is 5.73 Å². The minimum atomic E-state index is -0.219. The Morgan fingerprint density at radius 3 is 2.20 bits per heavy atom. The molecule has 0 atom stereocenters. The summed E-state index contributed by atoms with van der Waals surface area (Å²) < 4.78 is 1.38. The number of nitrogens with zero attached hydrogens (tertiary/aromatic N) is 2. The number of fused-ring (bicyclic) bond motifs is 1. The third-order valence-electron chi connectivity index (χ3n) is 3.25. The summed E-state index contributed by atoms with van der Waals surface area (Å²) in [7, 11) is 0. The Hall–Kier alpha value is -3.06. The molecule has 3 rings (SSSR count). The fourth-order valence-corrected chi connectivity index (χ4v) is 2.32. The molecule has 96 valence electrons. The molecule has 0 fully saturated rings. The maximum absolute atomic E-state index is 12.6. The van der Waals surface area contributed by atoms with Crippen molar-refractivity contribution in [1.82, 2.24) is 4.57 Å². The normalized spacial score (nSPS) is 10.3. The van der Waals surface area contributed by atoms with Gasteiger partial charge in [-0.15, -0.1) is 0 Å². The standard InChI is InChI=1S/C16H11N3O/c17-10-14-12-8-4-5-9-13(12)16(20)19(15(14)18)11-6-2-1-3-7-11/h1-9H,18H2. The number of pyridine rings is 1. The summed E-state index contributed by atoms with van der Waals surface area (Å²) in [5.74, 6) is 0.169. The van der Waals surface area contributed by atoms with Crippen LogP contribution >= 0.6 is 0 Å². The van der Waals surface area contributed by atoms with Crippen LogP contribution in [0.2, 0.25) is 0 Å². The van der Waals surface area contributed by atoms with E-state index in [0.717, 1.165) is 0 Å². The Kier molecular flexibility index (Phi) is 2.73. The second-order valence-electron chi connectivity index (χ2n) is 4.39. The number of para-hydroxylation sites is 1. The number of benzene rings is 2. The van der Waals surface area contributed by atoms with Crippen molar-refractivity contribution >= 4 is 16.6 Å². The molecule has 2 N–H and O–H groups in total. The highest BCUT2D eigenvalue weighted by atomic mass is 16.1. The lowest BCUT2D eigenvalue weighted by Gasteiger charge is -2.13. The second kappa shape index (κ2) is 4.56. The number of rotatable bonds is 1. The van der Waals surface area contributed by atoms with Crippen LogP contribution < -0.4 is 11.3 Å². The minimum Gasteiger partial charge on any atom is -0.384 e. The van der Waals surface area contributed by atoms with E-state index in [2.05, 4.69) is 6.07 Å². The van der Waals surface area contributed by atoms with Gasteiger partial charge in [0.1, 0.15) is 17.5 Å². The zero-order valence-corrected chi connectivity index (χ0v) is 10.6. The molecule has 4 heteroatoms. The van der Waals surface area contributed by atoms with Crippen LogP contribution in [-0.2, 0) is 0 Å². The van der Waals surface area contributed by atoms with Gasteiger partial charge >= 0.3 is 0 Å². The number of hydrogen-bond donors (Lipinski definition) is 1. The summed E-state index contributed by atoms with van der Waals surface area (Å²) in [5, 5.41) is 10.4. The minimum absolute atomic E-state index is 0.169. The van der Waals surface area contributed by atoms with Gasteiger partial charge in [0.2, 0.25) is 0 Å². The lowest BCUT2D eigenvalue weighted by atomic mass is 10.1. The van der Waals surface area contributed by atoms with Gasteiger partial charge in [0, 0.05) is 10.8 Å². The first kappa shape index (κ1) is 12.0. The van der Waals surface area contributed by atoms with E-state index in [1.54, 1.807) is 36.4 Å². The molecule has 1 heterocycles. The van der Waals surface area contributed by atoms with E-state index in [9.17, 15) is 10.1 Å². The van der Waals surface area contributed by atoms with Gasteiger partial charge in [-0.25, -0.2) is 0 Å². The summed E-state index contributed by atoms with van der Waals surface area (Å²) in [6.45, 7) is 0. The summed E-state index contributed by atoms with van der Waals surface area (Å²) in [5.41, 5.74) is 6.79. The van der Waals surface area contributed by atoms with Gasteiger partial charge in [0.05, 0.1) is 5.69 Å². The van der Waals surface area contributed by atoms with Gasteiger partial charge in [-0.1, -0.05) is 36.4 Å². The molecular formula is C16H11N3O. The van der Waals surface area contributed by atoms with Crippen LogP contribution in [0.15, 0.2) is 59.4 Å². The highest BCUT2D eigenvalue weighted by molar-refractivity contribution is 5.91. The number of hydrogen-bond acceptors (Lipinski definition) is 3. The van der Waals surface area contributed by atoms with Crippen LogP contribution in [0.3, 0.4) is 0 Å². The molecular weight excluding hydrogens is 250 g/mol. The maximum atomic E-state index is 12.6. The fraction of sp³-hybridized carbons (Fsp3) is 0. The molecule has 1 aromatic heterocycles. The Balaban J connectivity index is 2.52. The highest BCUT2D eigenvalue weighted by Crippen LogP contribution is 2.22. The van der Waals surface area contributed by atoms with E-state index in [-0.39, 0.29) is 11.4 Å². The van der Waals surface area contributed by atoms with E-state index >= 15 is 0 Å². The van der Waals surface area contributed by atoms with E-state index in [1.807, 2.05) is 18.2 Å². The molecule has 3 aromatic rings. The van der Waals surface area contributed by atoms with E-state index < -0.39 is 0 Å². The molecule has 0 spiro atoms. The van der Waals surface area contributed by atoms with Gasteiger partial charge in [0.15, 0.2) is 0 Å². The molecule has 0 aliphatic carbocycles. The summed E-state index contributed by atoms with van der Waals surface area (Å²) in [4.78, 5) is 12.6. The number of aromatic nitrogens is 1. The van der Waals surface area contributed by atoms with Crippen molar-refractivity contribution in [2.75, 3.05) is 5.73 Å². The predicted molar refractivity (Wildman–Crippen MR) is 78.7 cm³/mol. The summed E-state index contributed by atoms with van der Waals surface area (Å²) in [6, 6.07) is 18.2. The first-order valence-corrected chi connectivity index (χ1v) is 6.13. The summed E-state index contributed by atoms with van der Waals surface area (Å²) in [6.07, 6.45) is 0. The average molecular weight is 261 g/mol. The van der Waals surface area contributed by atoms with Gasteiger partial charge in [0.25, 0.3) is 5.56 Å². The molecule has 0 unspecified atom stereocenters. The molecule has 0 aliphatic heterocycles. The number of anilines is 1. The fourth-order valence-electron chi connectivity index (χ4n) is 2.32. The molecule has 0 saturated carbocycles. The molecule has 0 radical (unpaired) electrons. The van der Waals surface area contributed by atoms with Crippen molar-refractivity contribution in [1.29, 1.82) is 5.26 Å². The van der Waals surface area contributed by atoms with Crippen molar-refractivity contribution in [2.45, 2.75) is 0 Å². The molecule has 2 aromatic carbocycles. The number of nitrogens with two attached hydrogens (primary N) is 1. The number of nitrogen functional groups attached to an aromatic ring is 1. The van der Waals surface area contributed by atoms with Gasteiger partial charge in [-0.2, -0.15) is 5.26 Å². The largest absolute Gasteiger partial charge is 0.384 e. The summed E-state index contributed by atoms with van der Waals surface area (Å²) >= 11 is 0. The molecule has 0 amide bonds. The first-order valence-electron chi connectivity index (χ1n) is 6.13. The lowest BCUT2D eigenvalue weighted by molar-refractivity contribution is 1.02. The van der Waals surface area contributed by atoms with Crippen LogP contribution in [0.1, 0.15) is 5.56 Å². The average Bonchev–Trinajstić information content (AvgIpc) is 2.49. The van der Waals surface area contributed by atoms with Crippen molar-refractivity contribution in [3.05, 3.63) is 70.5 Å². The molecule has 20 heavy (non-hydrogen) atoms. The van der Waals surface area contributed by atoms with Gasteiger partial charge in [-0.05, 0) is 18.2 Å². The number of nitriles is 1. The third kappa shape index (κ3) is 1.65. The monoisotopic (exact) mass is 261 g/mol. The van der Waals surface area contributed by atoms with Crippen LogP contribution in [-0.4, -0.2) is 4.57 Å². The molecule has 0 bridgehead atoms. The first-order chi connectivity index (χ1) is 9.74. The Morgan fingerprint density at radius 2 is 1.55 bits per heavy atom. The highest BCUT2D eigenvalue weighted by Gasteiger charge is 2.14. The van der Waals surface area contributed by atoms with Gasteiger partial charge in [-0.3, -0.25) is 9.36 Å². The van der Waals surface area contributed by atoms with E-state index in [0.29, 0.717) is 22.0 Å². The van der Waals surface area contributed by atoms with Crippen LogP contribution in [0.25, 0.3) is 16.5 Å². The second-order valence-corrected chi connectivity index (χ2v) is 4.39. The Labute approximate surface area is 115 Å². The zero-order valence-electron chi connectivity index (χ0n) is 10.6. The topological polar surface area (TPSA) is 71.8 Å². The van der Waals surface area contributed by atoms with Crippen molar-refractivity contribution in [2.24, 2.45) is 0 Å². The third-order valence-corrected chi connectivity index (χ3v) is 3.25. The van der Waals surface area contributed by atoms with E-state index in [1.165, 1.54) is 4.57 Å². The van der Waals surface area contributed by atoms with Crippen molar-refractivity contribution in [3.63, 3.8) is 0 Å². The molecule has 0 saturated heterocycles. The SMILES string of the molecule is N#Cc1c(N)n(-c2ccccc2)c(=O)c2ccccc12. The van der Waals surface area contributed by atoms with E-state index in [4.69, 9.17) is 5.73 Å². The van der Waals surface area contributed by atoms with Crippen molar-refractivity contribution < 1.29 is 0 Å². The predicted octanol–water partition coefficient (Wildman–Crippen LogP) is 2.44. The quantitative estimate of drug-likeness (QED) is 0.731. The van der Waals surface area contributed by atoms with Crippen molar-refractivity contribution in [3.8, 4) is 11.8 Å². The smallest absolute Gasteiger partial charge is 0.264 e. The van der Waals surface area contributed by atoms with Crippen LogP contribution in [0.5, 0.6) is 0 Å².